The maximum Gasteiger partial charge on any atom is 0.148 e. The fraction of sp³-hybridized carbons (Fsp3) is 0.167. The van der Waals surface area contributed by atoms with Crippen molar-refractivity contribution in [3.05, 3.63) is 47.7 Å². The van der Waals surface area contributed by atoms with Crippen molar-refractivity contribution >= 4 is 5.82 Å². The van der Waals surface area contributed by atoms with Gasteiger partial charge in [0.05, 0.1) is 11.6 Å². The van der Waals surface area contributed by atoms with Gasteiger partial charge < -0.3 is 5.32 Å². The standard InChI is InChI=1S/C12H12N4/c1-16-7-6-12(15-16)14-9-11-5-3-2-4-10(11)8-13/h2-7H,9H2,1H3,(H,14,15). The van der Waals surface area contributed by atoms with E-state index < -0.39 is 0 Å². The summed E-state index contributed by atoms with van der Waals surface area (Å²) in [5, 5.41) is 16.3. The zero-order chi connectivity index (χ0) is 11.4. The fourth-order valence-corrected chi connectivity index (χ4v) is 1.48. The molecule has 4 heteroatoms. The van der Waals surface area contributed by atoms with E-state index in [0.717, 1.165) is 11.4 Å². The van der Waals surface area contributed by atoms with Crippen molar-refractivity contribution in [2.45, 2.75) is 6.54 Å². The Labute approximate surface area is 94.1 Å². The summed E-state index contributed by atoms with van der Waals surface area (Å²) in [5.41, 5.74) is 1.68. The van der Waals surface area contributed by atoms with Gasteiger partial charge in [-0.3, -0.25) is 4.68 Å². The van der Waals surface area contributed by atoms with Gasteiger partial charge in [-0.1, -0.05) is 18.2 Å². The van der Waals surface area contributed by atoms with Gasteiger partial charge in [0.2, 0.25) is 0 Å². The number of benzene rings is 1. The quantitative estimate of drug-likeness (QED) is 0.845. The highest BCUT2D eigenvalue weighted by Gasteiger charge is 2.01. The van der Waals surface area contributed by atoms with Gasteiger partial charge >= 0.3 is 0 Å². The molecule has 0 saturated heterocycles. The average molecular weight is 212 g/mol. The Morgan fingerprint density at radius 1 is 1.38 bits per heavy atom. The van der Waals surface area contributed by atoms with Crippen LogP contribution in [-0.4, -0.2) is 9.78 Å². The van der Waals surface area contributed by atoms with Gasteiger partial charge in [0.1, 0.15) is 5.82 Å². The van der Waals surface area contributed by atoms with Crippen molar-refractivity contribution in [2.24, 2.45) is 7.05 Å². The molecule has 0 aliphatic heterocycles. The van der Waals surface area contributed by atoms with E-state index in [0.29, 0.717) is 12.1 Å². The highest BCUT2D eigenvalue weighted by atomic mass is 15.3. The molecule has 1 aromatic carbocycles. The van der Waals surface area contributed by atoms with Crippen molar-refractivity contribution in [1.82, 2.24) is 9.78 Å². The molecule has 1 heterocycles. The number of aryl methyl sites for hydroxylation is 1. The molecule has 0 unspecified atom stereocenters. The van der Waals surface area contributed by atoms with Gasteiger partial charge in [-0.05, 0) is 11.6 Å². The van der Waals surface area contributed by atoms with Crippen LogP contribution in [0.25, 0.3) is 0 Å². The molecule has 0 radical (unpaired) electrons. The molecule has 0 aliphatic carbocycles. The van der Waals surface area contributed by atoms with Gasteiger partial charge in [-0.2, -0.15) is 10.4 Å². The Morgan fingerprint density at radius 2 is 2.19 bits per heavy atom. The first kappa shape index (κ1) is 10.2. The topological polar surface area (TPSA) is 53.6 Å². The minimum atomic E-state index is 0.612. The molecule has 80 valence electrons. The smallest absolute Gasteiger partial charge is 0.148 e. The van der Waals surface area contributed by atoms with Crippen LogP contribution in [0, 0.1) is 11.3 Å². The van der Waals surface area contributed by atoms with E-state index in [2.05, 4.69) is 16.5 Å². The third kappa shape index (κ3) is 2.20. The Bertz CT molecular complexity index is 522. The van der Waals surface area contributed by atoms with Crippen LogP contribution in [0.1, 0.15) is 11.1 Å². The third-order valence-electron chi connectivity index (χ3n) is 2.31. The van der Waals surface area contributed by atoms with Crippen LogP contribution >= 0.6 is 0 Å². The zero-order valence-corrected chi connectivity index (χ0v) is 9.01. The summed E-state index contributed by atoms with van der Waals surface area (Å²) in [4.78, 5) is 0. The van der Waals surface area contributed by atoms with Gasteiger partial charge in [0, 0.05) is 25.9 Å². The summed E-state index contributed by atoms with van der Waals surface area (Å²) in [6, 6.07) is 11.6. The number of anilines is 1. The van der Waals surface area contributed by atoms with Crippen LogP contribution in [-0.2, 0) is 13.6 Å². The van der Waals surface area contributed by atoms with Crippen LogP contribution in [0.2, 0.25) is 0 Å². The van der Waals surface area contributed by atoms with E-state index in [-0.39, 0.29) is 0 Å². The number of aromatic nitrogens is 2. The third-order valence-corrected chi connectivity index (χ3v) is 2.31. The first-order valence-electron chi connectivity index (χ1n) is 5.01. The van der Waals surface area contributed by atoms with Gasteiger partial charge in [-0.25, -0.2) is 0 Å². The van der Waals surface area contributed by atoms with Gasteiger partial charge in [-0.15, -0.1) is 0 Å². The summed E-state index contributed by atoms with van der Waals surface area (Å²) in [5.74, 6) is 0.815. The molecule has 16 heavy (non-hydrogen) atoms. The SMILES string of the molecule is Cn1ccc(NCc2ccccc2C#N)n1. The van der Waals surface area contributed by atoms with Crippen LogP contribution in [0.5, 0.6) is 0 Å². The summed E-state index contributed by atoms with van der Waals surface area (Å²) < 4.78 is 1.73. The van der Waals surface area contributed by atoms with Crippen molar-refractivity contribution in [2.75, 3.05) is 5.32 Å². The molecule has 0 bridgehead atoms. The van der Waals surface area contributed by atoms with Crippen molar-refractivity contribution in [1.29, 1.82) is 5.26 Å². The van der Waals surface area contributed by atoms with E-state index >= 15 is 0 Å². The predicted molar refractivity (Wildman–Crippen MR) is 61.7 cm³/mol. The first-order valence-corrected chi connectivity index (χ1v) is 5.01. The second-order valence-electron chi connectivity index (χ2n) is 3.50. The molecule has 1 aromatic heterocycles. The number of nitrogens with zero attached hydrogens (tertiary/aromatic N) is 3. The summed E-state index contributed by atoms with van der Waals surface area (Å²) in [6.45, 7) is 0.612. The highest BCUT2D eigenvalue weighted by molar-refractivity contribution is 5.41. The number of hydrogen-bond acceptors (Lipinski definition) is 3. The lowest BCUT2D eigenvalue weighted by Crippen LogP contribution is -2.02. The molecule has 0 spiro atoms. The second-order valence-corrected chi connectivity index (χ2v) is 3.50. The molecule has 1 N–H and O–H groups in total. The summed E-state index contributed by atoms with van der Waals surface area (Å²) >= 11 is 0. The van der Waals surface area contributed by atoms with E-state index in [9.17, 15) is 0 Å². The van der Waals surface area contributed by atoms with Crippen molar-refractivity contribution in [3.8, 4) is 6.07 Å². The molecule has 0 fully saturated rings. The largest absolute Gasteiger partial charge is 0.364 e. The lowest BCUT2D eigenvalue weighted by Gasteiger charge is -2.04. The van der Waals surface area contributed by atoms with E-state index in [1.165, 1.54) is 0 Å². The lowest BCUT2D eigenvalue weighted by atomic mass is 10.1. The molecule has 0 aliphatic rings. The molecule has 4 nitrogen and oxygen atoms in total. The number of rotatable bonds is 3. The molecule has 2 aromatic rings. The molecular formula is C12H12N4. The minimum Gasteiger partial charge on any atom is -0.364 e. The normalized spacial score (nSPS) is 9.75. The molecular weight excluding hydrogens is 200 g/mol. The first-order chi connectivity index (χ1) is 7.79. The second kappa shape index (κ2) is 4.49. The van der Waals surface area contributed by atoms with Crippen LogP contribution < -0.4 is 5.32 Å². The maximum atomic E-state index is 8.92. The molecule has 0 atom stereocenters. The Balaban J connectivity index is 2.08. The number of nitriles is 1. The zero-order valence-electron chi connectivity index (χ0n) is 9.01. The van der Waals surface area contributed by atoms with Gasteiger partial charge in [0.15, 0.2) is 0 Å². The van der Waals surface area contributed by atoms with Crippen molar-refractivity contribution < 1.29 is 0 Å². The van der Waals surface area contributed by atoms with Crippen LogP contribution in [0.15, 0.2) is 36.5 Å². The molecule has 0 amide bonds. The highest BCUT2D eigenvalue weighted by Crippen LogP contribution is 2.10. The molecule has 0 saturated carbocycles. The summed E-state index contributed by atoms with van der Waals surface area (Å²) in [6.07, 6.45) is 1.87. The van der Waals surface area contributed by atoms with E-state index in [1.807, 2.05) is 43.6 Å². The molecule has 2 rings (SSSR count). The lowest BCUT2D eigenvalue weighted by molar-refractivity contribution is 0.768. The monoisotopic (exact) mass is 212 g/mol. The van der Waals surface area contributed by atoms with E-state index in [4.69, 9.17) is 5.26 Å². The Kier molecular flexibility index (Phi) is 2.88. The summed E-state index contributed by atoms with van der Waals surface area (Å²) in [7, 11) is 1.87. The van der Waals surface area contributed by atoms with Crippen molar-refractivity contribution in [3.63, 3.8) is 0 Å². The van der Waals surface area contributed by atoms with Gasteiger partial charge in [0.25, 0.3) is 0 Å². The Hall–Kier alpha value is -2.28. The minimum absolute atomic E-state index is 0.612. The van der Waals surface area contributed by atoms with E-state index in [1.54, 1.807) is 4.68 Å². The van der Waals surface area contributed by atoms with Crippen LogP contribution in [0.3, 0.4) is 0 Å². The Morgan fingerprint density at radius 3 is 2.88 bits per heavy atom. The average Bonchev–Trinajstić information content (AvgIpc) is 2.73. The number of nitrogens with one attached hydrogen (secondary N) is 1. The fourth-order valence-electron chi connectivity index (χ4n) is 1.48. The maximum absolute atomic E-state index is 8.92. The van der Waals surface area contributed by atoms with Crippen LogP contribution in [0.4, 0.5) is 5.82 Å². The predicted octanol–water partition coefficient (Wildman–Crippen LogP) is 1.90. The number of hydrogen-bond donors (Lipinski definition) is 1.